The average molecular weight is 341 g/mol. The van der Waals surface area contributed by atoms with Gasteiger partial charge in [0.25, 0.3) is 0 Å². The first kappa shape index (κ1) is 15.9. The standard InChI is InChI=1S/C15H21ClN4OS/c16-13-2-1-3-14(18-13)19-5-7-20(8-6-19)15(21)10-12-11-22-9-4-17-12/h1-3,12,17H,4-11H2/t12-/m1/s1. The summed E-state index contributed by atoms with van der Waals surface area (Å²) >= 11 is 7.87. The van der Waals surface area contributed by atoms with Crippen LogP contribution >= 0.6 is 23.4 Å². The highest BCUT2D eigenvalue weighted by Gasteiger charge is 2.24. The van der Waals surface area contributed by atoms with E-state index in [0.717, 1.165) is 50.0 Å². The number of hydrogen-bond acceptors (Lipinski definition) is 5. The Morgan fingerprint density at radius 2 is 2.18 bits per heavy atom. The van der Waals surface area contributed by atoms with E-state index in [0.29, 0.717) is 17.6 Å². The van der Waals surface area contributed by atoms with E-state index in [2.05, 4.69) is 15.2 Å². The fraction of sp³-hybridized carbons (Fsp3) is 0.600. The van der Waals surface area contributed by atoms with Gasteiger partial charge in [0.2, 0.25) is 5.91 Å². The van der Waals surface area contributed by atoms with Gasteiger partial charge in [-0.2, -0.15) is 11.8 Å². The van der Waals surface area contributed by atoms with Crippen molar-refractivity contribution in [1.29, 1.82) is 0 Å². The number of hydrogen-bond donors (Lipinski definition) is 1. The summed E-state index contributed by atoms with van der Waals surface area (Å²) in [5.74, 6) is 3.34. The topological polar surface area (TPSA) is 48.5 Å². The minimum atomic E-state index is 0.263. The van der Waals surface area contributed by atoms with Crippen molar-refractivity contribution in [3.63, 3.8) is 0 Å². The molecule has 2 aliphatic rings. The number of amides is 1. The van der Waals surface area contributed by atoms with Gasteiger partial charge >= 0.3 is 0 Å². The fourth-order valence-corrected chi connectivity index (χ4v) is 3.96. The highest BCUT2D eigenvalue weighted by atomic mass is 35.5. The third-order valence-electron chi connectivity index (χ3n) is 4.08. The van der Waals surface area contributed by atoms with Crippen molar-refractivity contribution >= 4 is 35.1 Å². The van der Waals surface area contributed by atoms with E-state index in [9.17, 15) is 4.79 Å². The quantitative estimate of drug-likeness (QED) is 0.845. The molecular formula is C15H21ClN4OS. The van der Waals surface area contributed by atoms with Gasteiger partial charge in [-0.25, -0.2) is 4.98 Å². The molecule has 0 aromatic carbocycles. The number of nitrogens with zero attached hydrogens (tertiary/aromatic N) is 3. The van der Waals surface area contributed by atoms with Gasteiger partial charge < -0.3 is 15.1 Å². The summed E-state index contributed by atoms with van der Waals surface area (Å²) in [7, 11) is 0. The number of aromatic nitrogens is 1. The van der Waals surface area contributed by atoms with Crippen LogP contribution in [0.3, 0.4) is 0 Å². The lowest BCUT2D eigenvalue weighted by molar-refractivity contribution is -0.131. The zero-order chi connectivity index (χ0) is 15.4. The molecule has 0 spiro atoms. The third kappa shape index (κ3) is 4.06. The number of rotatable bonds is 3. The molecule has 2 fully saturated rings. The summed E-state index contributed by atoms with van der Waals surface area (Å²) in [4.78, 5) is 20.9. The lowest BCUT2D eigenvalue weighted by atomic mass is 10.2. The van der Waals surface area contributed by atoms with Crippen molar-refractivity contribution < 1.29 is 4.79 Å². The Kier molecular flexibility index (Phi) is 5.44. The van der Waals surface area contributed by atoms with E-state index < -0.39 is 0 Å². The van der Waals surface area contributed by atoms with Crippen molar-refractivity contribution in [2.75, 3.05) is 49.1 Å². The normalized spacial score (nSPS) is 22.7. The maximum Gasteiger partial charge on any atom is 0.224 e. The molecule has 0 radical (unpaired) electrons. The van der Waals surface area contributed by atoms with Gasteiger partial charge in [-0.1, -0.05) is 17.7 Å². The first-order valence-corrected chi connectivity index (χ1v) is 9.22. The van der Waals surface area contributed by atoms with Crippen LogP contribution in [0.2, 0.25) is 5.15 Å². The number of nitrogens with one attached hydrogen (secondary N) is 1. The highest BCUT2D eigenvalue weighted by Crippen LogP contribution is 2.17. The molecule has 0 unspecified atom stereocenters. The van der Waals surface area contributed by atoms with Crippen LogP contribution in [0.5, 0.6) is 0 Å². The van der Waals surface area contributed by atoms with E-state index >= 15 is 0 Å². The summed E-state index contributed by atoms with van der Waals surface area (Å²) in [6.45, 7) is 4.15. The van der Waals surface area contributed by atoms with Crippen molar-refractivity contribution in [3.05, 3.63) is 23.4 Å². The molecule has 1 N–H and O–H groups in total. The molecule has 0 aliphatic carbocycles. The summed E-state index contributed by atoms with van der Waals surface area (Å²) in [6, 6.07) is 5.99. The molecule has 2 aliphatic heterocycles. The largest absolute Gasteiger partial charge is 0.353 e. The molecule has 1 amide bonds. The Balaban J connectivity index is 1.49. The third-order valence-corrected chi connectivity index (χ3v) is 5.42. The van der Waals surface area contributed by atoms with Gasteiger partial charge in [0.15, 0.2) is 0 Å². The molecule has 0 bridgehead atoms. The molecule has 1 atom stereocenters. The molecule has 1 aromatic heterocycles. The Bertz CT molecular complexity index is 516. The van der Waals surface area contributed by atoms with Gasteiger partial charge in [0.05, 0.1) is 0 Å². The second kappa shape index (κ2) is 7.53. The number of halogens is 1. The van der Waals surface area contributed by atoms with Crippen LogP contribution in [0.1, 0.15) is 6.42 Å². The predicted octanol–water partition coefficient (Wildman–Crippen LogP) is 1.48. The Morgan fingerprint density at radius 1 is 1.36 bits per heavy atom. The van der Waals surface area contributed by atoms with Crippen molar-refractivity contribution in [2.24, 2.45) is 0 Å². The smallest absolute Gasteiger partial charge is 0.224 e. The second-order valence-electron chi connectivity index (χ2n) is 5.62. The van der Waals surface area contributed by atoms with E-state index in [1.54, 1.807) is 6.07 Å². The lowest BCUT2D eigenvalue weighted by Gasteiger charge is -2.36. The zero-order valence-corrected chi connectivity index (χ0v) is 14.1. The minimum Gasteiger partial charge on any atom is -0.353 e. The molecule has 5 nitrogen and oxygen atoms in total. The van der Waals surface area contributed by atoms with Crippen LogP contribution in [-0.2, 0) is 4.79 Å². The van der Waals surface area contributed by atoms with Crippen LogP contribution in [0.25, 0.3) is 0 Å². The van der Waals surface area contributed by atoms with Crippen LogP contribution in [0.4, 0.5) is 5.82 Å². The van der Waals surface area contributed by atoms with Gasteiger partial charge in [0, 0.05) is 56.7 Å². The van der Waals surface area contributed by atoms with E-state index in [1.807, 2.05) is 28.8 Å². The monoisotopic (exact) mass is 340 g/mol. The summed E-state index contributed by atoms with van der Waals surface area (Å²) in [5, 5.41) is 3.94. The van der Waals surface area contributed by atoms with Gasteiger partial charge in [-0.15, -0.1) is 0 Å². The first-order valence-electron chi connectivity index (χ1n) is 7.69. The molecule has 1 aromatic rings. The predicted molar refractivity (Wildman–Crippen MR) is 91.8 cm³/mol. The van der Waals surface area contributed by atoms with Crippen molar-refractivity contribution in [2.45, 2.75) is 12.5 Å². The Labute approximate surface area is 140 Å². The first-order chi connectivity index (χ1) is 10.7. The van der Waals surface area contributed by atoms with Crippen molar-refractivity contribution in [1.82, 2.24) is 15.2 Å². The number of carbonyl (C=O) groups excluding carboxylic acids is 1. The molecule has 3 rings (SSSR count). The van der Waals surface area contributed by atoms with Gasteiger partial charge in [-0.05, 0) is 12.1 Å². The molecule has 7 heteroatoms. The SMILES string of the molecule is O=C(C[C@@H]1CSCCN1)N1CCN(c2cccc(Cl)n2)CC1. The molecule has 3 heterocycles. The summed E-state index contributed by atoms with van der Waals surface area (Å²) < 4.78 is 0. The Hall–Kier alpha value is -0.980. The zero-order valence-electron chi connectivity index (χ0n) is 12.5. The number of thioether (sulfide) groups is 1. The number of carbonyl (C=O) groups is 1. The number of pyridine rings is 1. The fourth-order valence-electron chi connectivity index (χ4n) is 2.85. The van der Waals surface area contributed by atoms with Crippen LogP contribution in [0.15, 0.2) is 18.2 Å². The van der Waals surface area contributed by atoms with Crippen LogP contribution < -0.4 is 10.2 Å². The average Bonchev–Trinajstić information content (AvgIpc) is 2.56. The molecule has 2 saturated heterocycles. The van der Waals surface area contributed by atoms with Crippen molar-refractivity contribution in [3.8, 4) is 0 Å². The van der Waals surface area contributed by atoms with E-state index in [4.69, 9.17) is 11.6 Å². The second-order valence-corrected chi connectivity index (χ2v) is 7.15. The molecule has 22 heavy (non-hydrogen) atoms. The summed E-state index contributed by atoms with van der Waals surface area (Å²) in [6.07, 6.45) is 0.614. The van der Waals surface area contributed by atoms with E-state index in [-0.39, 0.29) is 5.91 Å². The van der Waals surface area contributed by atoms with Crippen LogP contribution in [-0.4, -0.2) is 66.1 Å². The van der Waals surface area contributed by atoms with E-state index in [1.165, 1.54) is 0 Å². The maximum absolute atomic E-state index is 12.4. The number of anilines is 1. The molecule has 120 valence electrons. The summed E-state index contributed by atoms with van der Waals surface area (Å²) in [5.41, 5.74) is 0. The van der Waals surface area contributed by atoms with Gasteiger partial charge in [-0.3, -0.25) is 4.79 Å². The minimum absolute atomic E-state index is 0.263. The Morgan fingerprint density at radius 3 is 2.86 bits per heavy atom. The number of piperazine rings is 1. The molecule has 0 saturated carbocycles. The van der Waals surface area contributed by atoms with Crippen LogP contribution in [0, 0.1) is 0 Å². The maximum atomic E-state index is 12.4. The lowest BCUT2D eigenvalue weighted by Crippen LogP contribution is -2.51. The molecular weight excluding hydrogens is 320 g/mol. The highest BCUT2D eigenvalue weighted by molar-refractivity contribution is 7.99. The van der Waals surface area contributed by atoms with Gasteiger partial charge in [0.1, 0.15) is 11.0 Å².